The third-order valence-corrected chi connectivity index (χ3v) is 2.73. The Balaban J connectivity index is 2.27. The molecule has 1 aliphatic rings. The van der Waals surface area contributed by atoms with Gasteiger partial charge in [-0.25, -0.2) is 0 Å². The molecule has 78 valence electrons. The summed E-state index contributed by atoms with van der Waals surface area (Å²) >= 11 is 3.38. The Morgan fingerprint density at radius 3 is 2.87 bits per heavy atom. The molecule has 0 saturated heterocycles. The zero-order valence-electron chi connectivity index (χ0n) is 8.03. The van der Waals surface area contributed by atoms with E-state index in [1.165, 1.54) is 6.21 Å². The van der Waals surface area contributed by atoms with Gasteiger partial charge in [-0.2, -0.15) is 0 Å². The average Bonchev–Trinajstić information content (AvgIpc) is 2.65. The maximum absolute atomic E-state index is 10.9. The normalized spacial score (nSPS) is 19.1. The van der Waals surface area contributed by atoms with E-state index in [1.807, 2.05) is 18.2 Å². The lowest BCUT2D eigenvalue weighted by atomic mass is 10.2. The summed E-state index contributed by atoms with van der Waals surface area (Å²) < 4.78 is 5.96. The molecule has 0 aliphatic carbocycles. The number of benzene rings is 1. The van der Waals surface area contributed by atoms with E-state index in [2.05, 4.69) is 26.2 Å². The molecule has 0 fully saturated rings. The van der Waals surface area contributed by atoms with Gasteiger partial charge in [0.2, 0.25) is 0 Å². The molecule has 1 heterocycles. The second-order valence-electron chi connectivity index (χ2n) is 3.08. The van der Waals surface area contributed by atoms with Crippen LogP contribution >= 0.6 is 15.9 Å². The molecule has 1 unspecified atom stereocenters. The topological polar surface area (TPSA) is 50.7 Å². The summed E-state index contributed by atoms with van der Waals surface area (Å²) in [5.74, 6) is 0.596. The molecular formula is C10H9BrN2O2. The number of hydrogen-bond donors (Lipinski definition) is 1. The summed E-state index contributed by atoms with van der Waals surface area (Å²) in [5, 5.41) is 2.71. The summed E-state index contributed by atoms with van der Waals surface area (Å²) in [6.07, 6.45) is 1.02. The van der Waals surface area contributed by atoms with Crippen molar-refractivity contribution < 1.29 is 9.53 Å². The molecule has 0 aromatic heterocycles. The van der Waals surface area contributed by atoms with Crippen molar-refractivity contribution >= 4 is 28.1 Å². The van der Waals surface area contributed by atoms with Crippen LogP contribution in [-0.2, 0) is 4.79 Å². The first-order valence-corrected chi connectivity index (χ1v) is 5.17. The number of nitrogens with one attached hydrogen (secondary N) is 1. The van der Waals surface area contributed by atoms with Gasteiger partial charge in [0, 0.05) is 0 Å². The van der Waals surface area contributed by atoms with Crippen molar-refractivity contribution in [3.8, 4) is 5.75 Å². The maximum Gasteiger partial charge on any atom is 0.263 e. The third kappa shape index (κ3) is 2.02. The van der Waals surface area contributed by atoms with Crippen molar-refractivity contribution in [2.45, 2.75) is 6.17 Å². The van der Waals surface area contributed by atoms with E-state index in [-0.39, 0.29) is 12.1 Å². The van der Waals surface area contributed by atoms with Crippen LogP contribution in [0, 0.1) is 0 Å². The van der Waals surface area contributed by atoms with Crippen LogP contribution in [0.3, 0.4) is 0 Å². The van der Waals surface area contributed by atoms with Crippen molar-refractivity contribution in [1.29, 1.82) is 0 Å². The minimum absolute atomic E-state index is 0.160. The van der Waals surface area contributed by atoms with Gasteiger partial charge in [-0.15, -0.1) is 0 Å². The van der Waals surface area contributed by atoms with Gasteiger partial charge >= 0.3 is 0 Å². The van der Waals surface area contributed by atoms with Crippen LogP contribution in [-0.4, -0.2) is 19.2 Å². The van der Waals surface area contributed by atoms with Crippen LogP contribution in [0.5, 0.6) is 5.75 Å². The second kappa shape index (κ2) is 4.02. The predicted molar refractivity (Wildman–Crippen MR) is 60.1 cm³/mol. The molecule has 1 atom stereocenters. The van der Waals surface area contributed by atoms with Crippen LogP contribution in [0.4, 0.5) is 0 Å². The lowest BCUT2D eigenvalue weighted by Crippen LogP contribution is -2.20. The smallest absolute Gasteiger partial charge is 0.263 e. The van der Waals surface area contributed by atoms with Gasteiger partial charge in [-0.3, -0.25) is 9.79 Å². The maximum atomic E-state index is 10.9. The van der Waals surface area contributed by atoms with E-state index in [0.29, 0.717) is 0 Å². The fourth-order valence-corrected chi connectivity index (χ4v) is 1.93. The Morgan fingerprint density at radius 2 is 2.33 bits per heavy atom. The number of halogens is 1. The molecule has 1 aromatic rings. The van der Waals surface area contributed by atoms with Crippen LogP contribution in [0.2, 0.25) is 0 Å². The molecule has 15 heavy (non-hydrogen) atoms. The largest absolute Gasteiger partial charge is 0.496 e. The summed E-state index contributed by atoms with van der Waals surface area (Å²) in [5.41, 5.74) is 0.921. The Bertz CT molecular complexity index is 431. The number of nitrogens with zero attached hydrogens (tertiary/aromatic N) is 1. The van der Waals surface area contributed by atoms with E-state index >= 15 is 0 Å². The Kier molecular flexibility index (Phi) is 2.73. The number of carbonyl (C=O) groups excluding carboxylic acids is 1. The van der Waals surface area contributed by atoms with E-state index in [0.717, 1.165) is 15.8 Å². The van der Waals surface area contributed by atoms with Crippen molar-refractivity contribution in [1.82, 2.24) is 5.32 Å². The molecule has 2 rings (SSSR count). The quantitative estimate of drug-likeness (QED) is 0.887. The highest BCUT2D eigenvalue weighted by Gasteiger charge is 2.18. The highest BCUT2D eigenvalue weighted by molar-refractivity contribution is 9.10. The molecule has 1 N–H and O–H groups in total. The molecule has 4 nitrogen and oxygen atoms in total. The number of methoxy groups -OCH3 is 1. The molecular weight excluding hydrogens is 260 g/mol. The molecule has 1 aromatic carbocycles. The van der Waals surface area contributed by atoms with Gasteiger partial charge in [-0.05, 0) is 33.6 Å². The number of hydrogen-bond acceptors (Lipinski definition) is 3. The minimum Gasteiger partial charge on any atom is -0.496 e. The highest BCUT2D eigenvalue weighted by atomic mass is 79.9. The van der Waals surface area contributed by atoms with Gasteiger partial charge in [0.15, 0.2) is 0 Å². The number of rotatable bonds is 2. The van der Waals surface area contributed by atoms with Crippen molar-refractivity contribution in [3.05, 3.63) is 28.2 Å². The van der Waals surface area contributed by atoms with Gasteiger partial charge in [-0.1, -0.05) is 6.07 Å². The predicted octanol–water partition coefficient (Wildman–Crippen LogP) is 1.66. The van der Waals surface area contributed by atoms with Gasteiger partial charge < -0.3 is 10.1 Å². The third-order valence-electron chi connectivity index (χ3n) is 2.11. The summed E-state index contributed by atoms with van der Waals surface area (Å²) in [7, 11) is 1.61. The molecule has 0 spiro atoms. The number of amides is 1. The zero-order valence-corrected chi connectivity index (χ0v) is 9.61. The molecule has 0 radical (unpaired) electrons. The molecule has 0 saturated carbocycles. The standard InChI is InChI=1S/C10H9BrN2O2/c1-15-8-3-2-6(4-7(8)11)10-12-5-9(14)13-10/h2-5,10H,1H3,(H,13,14). The van der Waals surface area contributed by atoms with E-state index in [9.17, 15) is 4.79 Å². The first-order chi connectivity index (χ1) is 7.20. The molecule has 0 bridgehead atoms. The first kappa shape index (κ1) is 10.2. The lowest BCUT2D eigenvalue weighted by Gasteiger charge is -2.10. The number of carbonyl (C=O) groups is 1. The lowest BCUT2D eigenvalue weighted by molar-refractivity contribution is -0.114. The molecule has 1 aliphatic heterocycles. The number of aliphatic imine (C=N–C) groups is 1. The van der Waals surface area contributed by atoms with Gasteiger partial charge in [0.25, 0.3) is 5.91 Å². The van der Waals surface area contributed by atoms with Crippen LogP contribution < -0.4 is 10.1 Å². The Labute approximate surface area is 95.5 Å². The Morgan fingerprint density at radius 1 is 1.53 bits per heavy atom. The fourth-order valence-electron chi connectivity index (χ4n) is 1.37. The van der Waals surface area contributed by atoms with E-state index in [1.54, 1.807) is 7.11 Å². The van der Waals surface area contributed by atoms with Crippen molar-refractivity contribution in [3.63, 3.8) is 0 Å². The van der Waals surface area contributed by atoms with Gasteiger partial charge in [0.05, 0.1) is 17.8 Å². The van der Waals surface area contributed by atoms with Crippen molar-refractivity contribution in [2.24, 2.45) is 4.99 Å². The summed E-state index contributed by atoms with van der Waals surface area (Å²) in [6.45, 7) is 0. The highest BCUT2D eigenvalue weighted by Crippen LogP contribution is 2.28. The van der Waals surface area contributed by atoms with Gasteiger partial charge in [0.1, 0.15) is 11.9 Å². The summed E-state index contributed by atoms with van der Waals surface area (Å²) in [4.78, 5) is 15.0. The molecule has 5 heteroatoms. The fraction of sp³-hybridized carbons (Fsp3) is 0.200. The average molecular weight is 269 g/mol. The second-order valence-corrected chi connectivity index (χ2v) is 3.94. The van der Waals surface area contributed by atoms with E-state index < -0.39 is 0 Å². The number of ether oxygens (including phenoxy) is 1. The van der Waals surface area contributed by atoms with Crippen molar-refractivity contribution in [2.75, 3.05) is 7.11 Å². The SMILES string of the molecule is COc1ccc(C2N=CC(=O)N2)cc1Br. The van der Waals surface area contributed by atoms with Crippen LogP contribution in [0.15, 0.2) is 27.7 Å². The van der Waals surface area contributed by atoms with Crippen LogP contribution in [0.25, 0.3) is 0 Å². The minimum atomic E-state index is -0.278. The monoisotopic (exact) mass is 268 g/mol. The zero-order chi connectivity index (χ0) is 10.8. The van der Waals surface area contributed by atoms with Crippen LogP contribution in [0.1, 0.15) is 11.7 Å². The van der Waals surface area contributed by atoms with E-state index in [4.69, 9.17) is 4.74 Å². The molecule has 1 amide bonds. The first-order valence-electron chi connectivity index (χ1n) is 4.38. The summed E-state index contributed by atoms with van der Waals surface area (Å²) in [6, 6.07) is 5.59. The Hall–Kier alpha value is -1.36.